The molecule has 1 fully saturated rings. The first kappa shape index (κ1) is 21.3. The maximum Gasteiger partial charge on any atom is 0.0267 e. The highest BCUT2D eigenvalue weighted by molar-refractivity contribution is 5.56. The average Bonchev–Trinajstić information content (AvgIpc) is 3.21. The molecule has 32 heavy (non-hydrogen) atoms. The van der Waals surface area contributed by atoms with Crippen LogP contribution in [0.1, 0.15) is 51.9 Å². The quantitative estimate of drug-likeness (QED) is 0.368. The Kier molecular flexibility index (Phi) is 6.05. The Morgan fingerprint density at radius 3 is 2.62 bits per heavy atom. The fourth-order valence-electron chi connectivity index (χ4n) is 5.72. The summed E-state index contributed by atoms with van der Waals surface area (Å²) in [6.45, 7) is 11.1. The molecule has 0 nitrogen and oxygen atoms in total. The van der Waals surface area contributed by atoms with Gasteiger partial charge in [-0.3, -0.25) is 0 Å². The fraction of sp³-hybridized carbons (Fsp3) is 0.375. The second-order valence-corrected chi connectivity index (χ2v) is 10.3. The zero-order valence-electron chi connectivity index (χ0n) is 19.5. The van der Waals surface area contributed by atoms with Gasteiger partial charge in [-0.1, -0.05) is 104 Å². The third-order valence-corrected chi connectivity index (χ3v) is 8.10. The summed E-state index contributed by atoms with van der Waals surface area (Å²) in [5, 5.41) is 0. The first-order valence-corrected chi connectivity index (χ1v) is 12.5. The van der Waals surface area contributed by atoms with Crippen molar-refractivity contribution in [3.8, 4) is 0 Å². The highest BCUT2D eigenvalue weighted by atomic mass is 14.3. The Labute approximate surface area is 194 Å². The van der Waals surface area contributed by atoms with Gasteiger partial charge in [-0.15, -0.1) is 0 Å². The van der Waals surface area contributed by atoms with Crippen LogP contribution in [-0.4, -0.2) is 0 Å². The molecule has 0 heteroatoms. The van der Waals surface area contributed by atoms with Crippen LogP contribution < -0.4 is 0 Å². The van der Waals surface area contributed by atoms with Crippen molar-refractivity contribution < 1.29 is 0 Å². The zero-order valence-corrected chi connectivity index (χ0v) is 19.5. The summed E-state index contributed by atoms with van der Waals surface area (Å²) in [4.78, 5) is 0. The van der Waals surface area contributed by atoms with Crippen LogP contribution in [0.3, 0.4) is 0 Å². The molecule has 0 heterocycles. The maximum atomic E-state index is 4.41. The highest BCUT2D eigenvalue weighted by Crippen LogP contribution is 2.39. The van der Waals surface area contributed by atoms with Crippen LogP contribution >= 0.6 is 0 Å². The van der Waals surface area contributed by atoms with Crippen LogP contribution in [0, 0.1) is 23.7 Å². The molecule has 164 valence electrons. The van der Waals surface area contributed by atoms with E-state index in [4.69, 9.17) is 0 Å². The summed E-state index contributed by atoms with van der Waals surface area (Å²) in [6, 6.07) is 0. The van der Waals surface area contributed by atoms with Crippen LogP contribution in [0.25, 0.3) is 0 Å². The van der Waals surface area contributed by atoms with Gasteiger partial charge in [0.05, 0.1) is 0 Å². The molecule has 5 aliphatic rings. The SMILES string of the molecule is C=C(CCC1=CC2C=C(CCCC3CCC3C)C=CC2=C1)C1=CC(=C)C2C=CC=CC2=C1. The van der Waals surface area contributed by atoms with Crippen molar-refractivity contribution in [1.29, 1.82) is 0 Å². The van der Waals surface area contributed by atoms with Crippen molar-refractivity contribution >= 4 is 0 Å². The van der Waals surface area contributed by atoms with Crippen molar-refractivity contribution in [3.05, 3.63) is 119 Å². The first-order valence-electron chi connectivity index (χ1n) is 12.5. The molecule has 0 aliphatic heterocycles. The largest absolute Gasteiger partial charge is 0.0952 e. The Morgan fingerprint density at radius 2 is 1.81 bits per heavy atom. The number of fused-ring (bicyclic) bond motifs is 2. The molecule has 4 unspecified atom stereocenters. The summed E-state index contributed by atoms with van der Waals surface area (Å²) in [5.41, 5.74) is 9.40. The summed E-state index contributed by atoms with van der Waals surface area (Å²) in [7, 11) is 0. The summed E-state index contributed by atoms with van der Waals surface area (Å²) in [5.74, 6) is 2.78. The van der Waals surface area contributed by atoms with E-state index in [1.165, 1.54) is 71.1 Å². The monoisotopic (exact) mass is 420 g/mol. The molecule has 0 spiro atoms. The van der Waals surface area contributed by atoms with Gasteiger partial charge in [0.1, 0.15) is 0 Å². The number of rotatable bonds is 8. The molecule has 5 rings (SSSR count). The van der Waals surface area contributed by atoms with Crippen LogP contribution in [0.4, 0.5) is 0 Å². The second-order valence-electron chi connectivity index (χ2n) is 10.3. The first-order chi connectivity index (χ1) is 15.6. The Morgan fingerprint density at radius 1 is 0.938 bits per heavy atom. The molecule has 0 aromatic heterocycles. The van der Waals surface area contributed by atoms with Crippen LogP contribution in [0.2, 0.25) is 0 Å². The Bertz CT molecular complexity index is 1060. The van der Waals surface area contributed by atoms with E-state index < -0.39 is 0 Å². The van der Waals surface area contributed by atoms with E-state index in [-0.39, 0.29) is 0 Å². The van der Waals surface area contributed by atoms with Gasteiger partial charge in [0.2, 0.25) is 0 Å². The van der Waals surface area contributed by atoms with E-state index in [1.807, 2.05) is 0 Å². The predicted octanol–water partition coefficient (Wildman–Crippen LogP) is 8.68. The highest BCUT2D eigenvalue weighted by Gasteiger charge is 2.26. The molecule has 5 aliphatic carbocycles. The van der Waals surface area contributed by atoms with Crippen molar-refractivity contribution in [2.24, 2.45) is 23.7 Å². The van der Waals surface area contributed by atoms with E-state index in [9.17, 15) is 0 Å². The van der Waals surface area contributed by atoms with Gasteiger partial charge >= 0.3 is 0 Å². The smallest absolute Gasteiger partial charge is 0.0267 e. The van der Waals surface area contributed by atoms with Gasteiger partial charge in [-0.05, 0) is 78.2 Å². The van der Waals surface area contributed by atoms with Crippen molar-refractivity contribution in [3.63, 3.8) is 0 Å². The Hall–Kier alpha value is -2.60. The lowest BCUT2D eigenvalue weighted by atomic mass is 9.72. The minimum atomic E-state index is 0.340. The molecule has 0 radical (unpaired) electrons. The van der Waals surface area contributed by atoms with Crippen molar-refractivity contribution in [1.82, 2.24) is 0 Å². The van der Waals surface area contributed by atoms with Gasteiger partial charge < -0.3 is 0 Å². The van der Waals surface area contributed by atoms with Gasteiger partial charge in [-0.2, -0.15) is 0 Å². The fourth-order valence-corrected chi connectivity index (χ4v) is 5.72. The van der Waals surface area contributed by atoms with E-state index in [0.29, 0.717) is 11.8 Å². The van der Waals surface area contributed by atoms with Crippen molar-refractivity contribution in [2.45, 2.75) is 51.9 Å². The zero-order chi connectivity index (χ0) is 22.1. The van der Waals surface area contributed by atoms with Gasteiger partial charge in [0.15, 0.2) is 0 Å². The van der Waals surface area contributed by atoms with E-state index >= 15 is 0 Å². The third-order valence-electron chi connectivity index (χ3n) is 8.10. The topological polar surface area (TPSA) is 0 Å². The molecule has 0 N–H and O–H groups in total. The second kappa shape index (κ2) is 9.10. The summed E-state index contributed by atoms with van der Waals surface area (Å²) in [6.07, 6.45) is 34.2. The van der Waals surface area contributed by atoms with Gasteiger partial charge in [0.25, 0.3) is 0 Å². The van der Waals surface area contributed by atoms with Gasteiger partial charge in [0, 0.05) is 11.8 Å². The molecular formula is C32H36. The van der Waals surface area contributed by atoms with Gasteiger partial charge in [-0.25, -0.2) is 0 Å². The molecule has 0 aromatic rings. The number of hydrogen-bond acceptors (Lipinski definition) is 0. The van der Waals surface area contributed by atoms with Crippen LogP contribution in [0.15, 0.2) is 119 Å². The number of hydrogen-bond donors (Lipinski definition) is 0. The van der Waals surface area contributed by atoms with Crippen LogP contribution in [-0.2, 0) is 0 Å². The van der Waals surface area contributed by atoms with E-state index in [2.05, 4.69) is 86.9 Å². The minimum Gasteiger partial charge on any atom is -0.0952 e. The van der Waals surface area contributed by atoms with Crippen LogP contribution in [0.5, 0.6) is 0 Å². The van der Waals surface area contributed by atoms with Crippen molar-refractivity contribution in [2.75, 3.05) is 0 Å². The molecular weight excluding hydrogens is 384 g/mol. The average molecular weight is 421 g/mol. The number of allylic oxidation sites excluding steroid dienone is 18. The normalized spacial score (nSPS) is 29.9. The summed E-state index contributed by atoms with van der Waals surface area (Å²) < 4.78 is 0. The molecule has 0 saturated heterocycles. The molecule has 4 atom stereocenters. The minimum absolute atomic E-state index is 0.340. The maximum absolute atomic E-state index is 4.41. The molecule has 0 aromatic carbocycles. The standard InChI is InChI=1S/C32H36/c1-22-12-15-27(22)9-6-7-25-14-16-28-19-26(20-31(28)18-25)13-11-23(2)30-17-24(3)32-10-5-4-8-29(32)21-30/h4-5,8,10,14,16-22,27,31-32H,2-3,6-7,9,11-13,15H2,1H3. The van der Waals surface area contributed by atoms with E-state index in [1.54, 1.807) is 0 Å². The molecule has 0 amide bonds. The lowest BCUT2D eigenvalue weighted by molar-refractivity contribution is 0.180. The lowest BCUT2D eigenvalue weighted by Crippen LogP contribution is -2.22. The van der Waals surface area contributed by atoms with E-state index in [0.717, 1.165) is 24.7 Å². The molecule has 0 bridgehead atoms. The lowest BCUT2D eigenvalue weighted by Gasteiger charge is -2.34. The third kappa shape index (κ3) is 4.46. The molecule has 1 saturated carbocycles. The predicted molar refractivity (Wildman–Crippen MR) is 138 cm³/mol. The Balaban J connectivity index is 1.14. The summed E-state index contributed by atoms with van der Waals surface area (Å²) >= 11 is 0.